The average molecular weight is 477 g/mol. The van der Waals surface area contributed by atoms with Gasteiger partial charge in [-0.05, 0) is 25.1 Å². The molecular weight excluding hydrogens is 460 g/mol. The number of halogens is 6. The van der Waals surface area contributed by atoms with Crippen molar-refractivity contribution in [2.75, 3.05) is 32.9 Å². The normalized spacial score (nSPS) is 16.0. The molecule has 0 N–H and O–H groups in total. The second-order valence-electron chi connectivity index (χ2n) is 7.03. The fourth-order valence-corrected chi connectivity index (χ4v) is 3.07. The van der Waals surface area contributed by atoms with Gasteiger partial charge in [-0.2, -0.15) is 8.78 Å². The molecule has 0 aliphatic carbocycles. The first-order valence-corrected chi connectivity index (χ1v) is 9.57. The SMILES string of the molecule is CC(=O)c1cc(F)ccc1OCC1CN(C(=O)COc2c(F)c(F)c(F)c(F)c2F)CCO1. The smallest absolute Gasteiger partial charge is 0.260 e. The molecule has 1 unspecified atom stereocenters. The largest absolute Gasteiger partial charge is 0.490 e. The maximum Gasteiger partial charge on any atom is 0.260 e. The van der Waals surface area contributed by atoms with E-state index in [2.05, 4.69) is 4.74 Å². The van der Waals surface area contributed by atoms with E-state index >= 15 is 0 Å². The zero-order chi connectivity index (χ0) is 24.3. The number of Topliss-reactive ketones (excluding diaryl/α,β-unsaturated/α-hetero) is 1. The number of nitrogens with zero attached hydrogens (tertiary/aromatic N) is 1. The third-order valence-corrected chi connectivity index (χ3v) is 4.75. The molecule has 0 spiro atoms. The number of amides is 1. The molecule has 0 saturated carbocycles. The van der Waals surface area contributed by atoms with Crippen LogP contribution in [0.1, 0.15) is 17.3 Å². The van der Waals surface area contributed by atoms with Gasteiger partial charge in [0.1, 0.15) is 24.3 Å². The van der Waals surface area contributed by atoms with Crippen LogP contribution in [-0.4, -0.2) is 55.6 Å². The van der Waals surface area contributed by atoms with Gasteiger partial charge in [0.25, 0.3) is 5.91 Å². The standard InChI is InChI=1S/C21H17F6NO5/c1-10(29)13-6-11(22)2-3-14(13)32-8-12-7-28(4-5-31-12)15(30)9-33-21-19(26)17(24)16(23)18(25)20(21)27/h2-3,6,12H,4-5,7-9H2,1H3. The molecule has 6 nitrogen and oxygen atoms in total. The molecule has 0 bridgehead atoms. The Morgan fingerprint density at radius 1 is 1.00 bits per heavy atom. The van der Waals surface area contributed by atoms with Crippen molar-refractivity contribution < 1.29 is 50.1 Å². The highest BCUT2D eigenvalue weighted by Gasteiger charge is 2.29. The summed E-state index contributed by atoms with van der Waals surface area (Å²) in [6, 6.07) is 3.40. The number of carbonyl (C=O) groups excluding carboxylic acids is 2. The summed E-state index contributed by atoms with van der Waals surface area (Å²) in [5.74, 6) is -14.4. The maximum atomic E-state index is 13.7. The Labute approximate surface area is 183 Å². The number of benzene rings is 2. The van der Waals surface area contributed by atoms with E-state index in [0.717, 1.165) is 12.1 Å². The summed E-state index contributed by atoms with van der Waals surface area (Å²) in [5, 5.41) is 0. The fourth-order valence-electron chi connectivity index (χ4n) is 3.07. The van der Waals surface area contributed by atoms with E-state index in [4.69, 9.17) is 9.47 Å². The van der Waals surface area contributed by atoms with E-state index in [1.807, 2.05) is 0 Å². The molecule has 1 saturated heterocycles. The molecule has 33 heavy (non-hydrogen) atoms. The molecule has 0 aromatic heterocycles. The quantitative estimate of drug-likeness (QED) is 0.265. The van der Waals surface area contributed by atoms with Crippen LogP contribution in [0.5, 0.6) is 11.5 Å². The zero-order valence-corrected chi connectivity index (χ0v) is 17.1. The Bertz CT molecular complexity index is 1050. The Morgan fingerprint density at radius 3 is 2.27 bits per heavy atom. The second-order valence-corrected chi connectivity index (χ2v) is 7.03. The van der Waals surface area contributed by atoms with Crippen LogP contribution < -0.4 is 9.47 Å². The van der Waals surface area contributed by atoms with Crippen LogP contribution in [0.4, 0.5) is 26.3 Å². The lowest BCUT2D eigenvalue weighted by Crippen LogP contribution is -2.49. The third-order valence-electron chi connectivity index (χ3n) is 4.75. The van der Waals surface area contributed by atoms with Crippen molar-refractivity contribution in [2.24, 2.45) is 0 Å². The fraction of sp³-hybridized carbons (Fsp3) is 0.333. The molecule has 178 valence electrons. The van der Waals surface area contributed by atoms with E-state index in [1.165, 1.54) is 17.9 Å². The molecule has 1 fully saturated rings. The van der Waals surface area contributed by atoms with E-state index in [0.29, 0.717) is 0 Å². The molecule has 12 heteroatoms. The van der Waals surface area contributed by atoms with Crippen molar-refractivity contribution in [2.45, 2.75) is 13.0 Å². The Balaban J connectivity index is 1.60. The number of rotatable bonds is 7. The third kappa shape index (κ3) is 5.38. The van der Waals surface area contributed by atoms with Crippen molar-refractivity contribution in [3.8, 4) is 11.5 Å². The van der Waals surface area contributed by atoms with Crippen molar-refractivity contribution in [1.82, 2.24) is 4.90 Å². The number of morpholine rings is 1. The summed E-state index contributed by atoms with van der Waals surface area (Å²) >= 11 is 0. The van der Waals surface area contributed by atoms with Gasteiger partial charge in [0.05, 0.1) is 18.7 Å². The van der Waals surface area contributed by atoms with Crippen LogP contribution in [0, 0.1) is 34.9 Å². The number of hydrogen-bond donors (Lipinski definition) is 0. The van der Waals surface area contributed by atoms with Crippen LogP contribution in [0.25, 0.3) is 0 Å². The molecule has 0 radical (unpaired) electrons. The molecule has 2 aromatic rings. The number of carbonyl (C=O) groups is 2. The molecule has 1 amide bonds. The minimum atomic E-state index is -2.34. The summed E-state index contributed by atoms with van der Waals surface area (Å²) in [7, 11) is 0. The minimum Gasteiger partial charge on any atom is -0.490 e. The highest BCUT2D eigenvalue weighted by Crippen LogP contribution is 2.29. The lowest BCUT2D eigenvalue weighted by molar-refractivity contribution is -0.142. The Hall–Kier alpha value is -3.28. The molecule has 2 aromatic carbocycles. The molecule has 3 rings (SSSR count). The Morgan fingerprint density at radius 2 is 1.64 bits per heavy atom. The number of ketones is 1. The lowest BCUT2D eigenvalue weighted by atomic mass is 10.1. The van der Waals surface area contributed by atoms with Gasteiger partial charge in [-0.1, -0.05) is 0 Å². The van der Waals surface area contributed by atoms with Crippen LogP contribution in [0.15, 0.2) is 18.2 Å². The highest BCUT2D eigenvalue weighted by molar-refractivity contribution is 5.96. The van der Waals surface area contributed by atoms with Crippen LogP contribution in [0.3, 0.4) is 0 Å². The minimum absolute atomic E-state index is 0.0231. The first kappa shape index (κ1) is 24.4. The predicted octanol–water partition coefficient (Wildman–Crippen LogP) is 3.41. The summed E-state index contributed by atoms with van der Waals surface area (Å²) in [6.45, 7) is 0.225. The van der Waals surface area contributed by atoms with Crippen LogP contribution in [0.2, 0.25) is 0 Å². The summed E-state index contributed by atoms with van der Waals surface area (Å²) in [4.78, 5) is 25.2. The van der Waals surface area contributed by atoms with Gasteiger partial charge in [-0.3, -0.25) is 9.59 Å². The van der Waals surface area contributed by atoms with Gasteiger partial charge in [-0.25, -0.2) is 17.6 Å². The van der Waals surface area contributed by atoms with Crippen LogP contribution in [-0.2, 0) is 9.53 Å². The molecule has 1 heterocycles. The van der Waals surface area contributed by atoms with Crippen molar-refractivity contribution in [3.63, 3.8) is 0 Å². The number of hydrogen-bond acceptors (Lipinski definition) is 5. The lowest BCUT2D eigenvalue weighted by Gasteiger charge is -2.32. The van der Waals surface area contributed by atoms with Gasteiger partial charge < -0.3 is 19.1 Å². The van der Waals surface area contributed by atoms with Gasteiger partial charge in [0.2, 0.25) is 29.1 Å². The van der Waals surface area contributed by atoms with E-state index in [-0.39, 0.29) is 37.6 Å². The van der Waals surface area contributed by atoms with E-state index < -0.39 is 65.1 Å². The summed E-state index contributed by atoms with van der Waals surface area (Å²) in [6.07, 6.45) is -0.679. The van der Waals surface area contributed by atoms with Crippen molar-refractivity contribution >= 4 is 11.7 Å². The van der Waals surface area contributed by atoms with E-state index in [9.17, 15) is 35.9 Å². The topological polar surface area (TPSA) is 65.1 Å². The molecule has 1 aliphatic heterocycles. The molecule has 1 aliphatic rings. The predicted molar refractivity (Wildman–Crippen MR) is 99.9 cm³/mol. The maximum absolute atomic E-state index is 13.7. The van der Waals surface area contributed by atoms with Crippen molar-refractivity contribution in [3.05, 3.63) is 58.7 Å². The molecular formula is C21H17F6NO5. The second kappa shape index (κ2) is 10.1. The highest BCUT2D eigenvalue weighted by atomic mass is 19.2. The first-order chi connectivity index (χ1) is 15.6. The summed E-state index contributed by atoms with van der Waals surface area (Å²) in [5.41, 5.74) is 0.0231. The summed E-state index contributed by atoms with van der Waals surface area (Å²) < 4.78 is 95.9. The van der Waals surface area contributed by atoms with Gasteiger partial charge in [0.15, 0.2) is 18.1 Å². The zero-order valence-electron chi connectivity index (χ0n) is 17.1. The van der Waals surface area contributed by atoms with Gasteiger partial charge >= 0.3 is 0 Å². The number of ether oxygens (including phenoxy) is 3. The molecule has 1 atom stereocenters. The van der Waals surface area contributed by atoms with E-state index in [1.54, 1.807) is 0 Å². The van der Waals surface area contributed by atoms with Crippen molar-refractivity contribution in [1.29, 1.82) is 0 Å². The first-order valence-electron chi connectivity index (χ1n) is 9.57. The van der Waals surface area contributed by atoms with Gasteiger partial charge in [-0.15, -0.1) is 0 Å². The Kier molecular flexibility index (Phi) is 7.46. The van der Waals surface area contributed by atoms with Crippen LogP contribution >= 0.6 is 0 Å². The van der Waals surface area contributed by atoms with Gasteiger partial charge in [0, 0.05) is 6.54 Å². The monoisotopic (exact) mass is 477 g/mol. The average Bonchev–Trinajstić information content (AvgIpc) is 2.80.